The number of rotatable bonds is 6. The minimum Gasteiger partial charge on any atom is -0.356 e. The molecule has 0 saturated carbocycles. The monoisotopic (exact) mass is 436 g/mol. The largest absolute Gasteiger partial charge is 0.356 e. The van der Waals surface area contributed by atoms with E-state index in [1.54, 1.807) is 11.3 Å². The summed E-state index contributed by atoms with van der Waals surface area (Å²) in [6, 6.07) is 4.23. The molecule has 2 rings (SSSR count). The van der Waals surface area contributed by atoms with E-state index in [4.69, 9.17) is 0 Å². The molecular formula is C16H29IN4S. The van der Waals surface area contributed by atoms with E-state index in [-0.39, 0.29) is 24.0 Å². The Morgan fingerprint density at radius 3 is 2.73 bits per heavy atom. The number of nitrogens with zero attached hydrogens (tertiary/aromatic N) is 2. The van der Waals surface area contributed by atoms with Crippen LogP contribution < -0.4 is 10.6 Å². The van der Waals surface area contributed by atoms with E-state index in [9.17, 15) is 0 Å². The van der Waals surface area contributed by atoms with Crippen LogP contribution in [0.25, 0.3) is 0 Å². The zero-order valence-corrected chi connectivity index (χ0v) is 16.8. The Kier molecular flexibility index (Phi) is 10.1. The maximum absolute atomic E-state index is 4.30. The second-order valence-corrected chi connectivity index (χ2v) is 6.70. The van der Waals surface area contributed by atoms with Gasteiger partial charge in [-0.15, -0.1) is 35.3 Å². The minimum absolute atomic E-state index is 0. The zero-order chi connectivity index (χ0) is 14.9. The molecule has 2 N–H and O–H groups in total. The van der Waals surface area contributed by atoms with Crippen molar-refractivity contribution >= 4 is 41.3 Å². The second kappa shape index (κ2) is 11.2. The third kappa shape index (κ3) is 6.83. The summed E-state index contributed by atoms with van der Waals surface area (Å²) in [7, 11) is 1.84. The topological polar surface area (TPSA) is 39.7 Å². The van der Waals surface area contributed by atoms with Gasteiger partial charge >= 0.3 is 0 Å². The van der Waals surface area contributed by atoms with Crippen molar-refractivity contribution in [2.75, 3.05) is 33.2 Å². The molecule has 0 amide bonds. The smallest absolute Gasteiger partial charge is 0.191 e. The number of piperidine rings is 1. The molecule has 0 unspecified atom stereocenters. The van der Waals surface area contributed by atoms with Crippen molar-refractivity contribution in [3.8, 4) is 0 Å². The molecule has 2 heterocycles. The molecule has 1 fully saturated rings. The van der Waals surface area contributed by atoms with Gasteiger partial charge in [-0.05, 0) is 56.3 Å². The van der Waals surface area contributed by atoms with Crippen molar-refractivity contribution < 1.29 is 0 Å². The molecule has 1 saturated heterocycles. The fourth-order valence-electron chi connectivity index (χ4n) is 2.78. The lowest BCUT2D eigenvalue weighted by Gasteiger charge is -2.32. The first-order valence-electron chi connectivity index (χ1n) is 8.01. The van der Waals surface area contributed by atoms with E-state index < -0.39 is 0 Å². The first-order chi connectivity index (χ1) is 10.3. The van der Waals surface area contributed by atoms with Crippen LogP contribution in [0.3, 0.4) is 0 Å². The number of aliphatic imine (C=N–C) groups is 1. The molecule has 22 heavy (non-hydrogen) atoms. The summed E-state index contributed by atoms with van der Waals surface area (Å²) >= 11 is 1.78. The molecule has 0 aliphatic carbocycles. The highest BCUT2D eigenvalue weighted by Crippen LogP contribution is 2.16. The molecule has 126 valence electrons. The Balaban J connectivity index is 0.00000242. The SMILES string of the molecule is CCCN1CCC(CNC(=NC)NCc2cccs2)CC1.I. The van der Waals surface area contributed by atoms with Crippen LogP contribution >= 0.6 is 35.3 Å². The molecule has 1 aromatic heterocycles. The highest BCUT2D eigenvalue weighted by Gasteiger charge is 2.18. The first kappa shape index (κ1) is 19.7. The van der Waals surface area contributed by atoms with Crippen molar-refractivity contribution in [1.82, 2.24) is 15.5 Å². The highest BCUT2D eigenvalue weighted by molar-refractivity contribution is 14.0. The van der Waals surface area contributed by atoms with Gasteiger partial charge in [0.15, 0.2) is 5.96 Å². The quantitative estimate of drug-likeness (QED) is 0.409. The van der Waals surface area contributed by atoms with Gasteiger partial charge in [-0.2, -0.15) is 0 Å². The number of hydrogen-bond acceptors (Lipinski definition) is 3. The van der Waals surface area contributed by atoms with Gasteiger partial charge in [0.1, 0.15) is 0 Å². The Morgan fingerprint density at radius 2 is 2.14 bits per heavy atom. The fourth-order valence-corrected chi connectivity index (χ4v) is 3.42. The van der Waals surface area contributed by atoms with Crippen LogP contribution in [0.2, 0.25) is 0 Å². The molecule has 1 aliphatic rings. The summed E-state index contributed by atoms with van der Waals surface area (Å²) in [6.45, 7) is 7.90. The van der Waals surface area contributed by atoms with Crippen LogP contribution in [-0.4, -0.2) is 44.1 Å². The number of guanidine groups is 1. The Morgan fingerprint density at radius 1 is 1.36 bits per heavy atom. The summed E-state index contributed by atoms with van der Waals surface area (Å²) in [6.07, 6.45) is 3.87. The summed E-state index contributed by atoms with van der Waals surface area (Å²) in [4.78, 5) is 8.23. The molecule has 0 spiro atoms. The molecule has 0 atom stereocenters. The van der Waals surface area contributed by atoms with Crippen molar-refractivity contribution in [1.29, 1.82) is 0 Å². The maximum Gasteiger partial charge on any atom is 0.191 e. The molecule has 0 aromatic carbocycles. The lowest BCUT2D eigenvalue weighted by Crippen LogP contribution is -2.42. The summed E-state index contributed by atoms with van der Waals surface area (Å²) in [5, 5.41) is 8.96. The summed E-state index contributed by atoms with van der Waals surface area (Å²) in [5.74, 6) is 1.69. The standard InChI is InChI=1S/C16H28N4S.HI/c1-3-8-20-9-6-14(7-10-20)12-18-16(17-2)19-13-15-5-4-11-21-15;/h4-5,11,14H,3,6-10,12-13H2,1-2H3,(H2,17,18,19);1H. The Labute approximate surface area is 155 Å². The van der Waals surface area contributed by atoms with Gasteiger partial charge in [0.2, 0.25) is 0 Å². The third-order valence-corrected chi connectivity index (χ3v) is 4.92. The normalized spacial score (nSPS) is 17.1. The average Bonchev–Trinajstić information content (AvgIpc) is 3.03. The number of likely N-dealkylation sites (tertiary alicyclic amines) is 1. The molecular weight excluding hydrogens is 407 g/mol. The van der Waals surface area contributed by atoms with Gasteiger partial charge in [-0.1, -0.05) is 13.0 Å². The van der Waals surface area contributed by atoms with E-state index in [2.05, 4.69) is 45.0 Å². The van der Waals surface area contributed by atoms with E-state index in [0.29, 0.717) is 0 Å². The number of hydrogen-bond donors (Lipinski definition) is 2. The number of thiophene rings is 1. The van der Waals surface area contributed by atoms with Crippen LogP contribution in [0, 0.1) is 5.92 Å². The maximum atomic E-state index is 4.30. The molecule has 6 heteroatoms. The predicted octanol–water partition coefficient (Wildman–Crippen LogP) is 3.15. The first-order valence-corrected chi connectivity index (χ1v) is 8.89. The van der Waals surface area contributed by atoms with E-state index in [1.807, 2.05) is 7.05 Å². The van der Waals surface area contributed by atoms with Crippen LogP contribution in [0.15, 0.2) is 22.5 Å². The molecule has 4 nitrogen and oxygen atoms in total. The van der Waals surface area contributed by atoms with Gasteiger partial charge in [-0.25, -0.2) is 0 Å². The average molecular weight is 436 g/mol. The van der Waals surface area contributed by atoms with Crippen LogP contribution in [0.4, 0.5) is 0 Å². The summed E-state index contributed by atoms with van der Waals surface area (Å²) < 4.78 is 0. The van der Waals surface area contributed by atoms with Crippen LogP contribution in [0.5, 0.6) is 0 Å². The molecule has 1 aliphatic heterocycles. The molecule has 0 radical (unpaired) electrons. The van der Waals surface area contributed by atoms with Gasteiger partial charge in [-0.3, -0.25) is 4.99 Å². The van der Waals surface area contributed by atoms with Gasteiger partial charge in [0.25, 0.3) is 0 Å². The van der Waals surface area contributed by atoms with Gasteiger partial charge in [0, 0.05) is 18.5 Å². The third-order valence-electron chi connectivity index (χ3n) is 4.04. The Bertz CT molecular complexity index is 414. The van der Waals surface area contributed by atoms with Crippen LogP contribution in [0.1, 0.15) is 31.1 Å². The number of nitrogens with one attached hydrogen (secondary N) is 2. The van der Waals surface area contributed by atoms with Crippen molar-refractivity contribution in [3.05, 3.63) is 22.4 Å². The highest BCUT2D eigenvalue weighted by atomic mass is 127. The zero-order valence-electron chi connectivity index (χ0n) is 13.7. The Hall–Kier alpha value is -0.340. The fraction of sp³-hybridized carbons (Fsp3) is 0.688. The second-order valence-electron chi connectivity index (χ2n) is 5.67. The van der Waals surface area contributed by atoms with Crippen molar-refractivity contribution in [3.63, 3.8) is 0 Å². The summed E-state index contributed by atoms with van der Waals surface area (Å²) in [5.41, 5.74) is 0. The lowest BCUT2D eigenvalue weighted by atomic mass is 9.97. The number of halogens is 1. The van der Waals surface area contributed by atoms with Crippen molar-refractivity contribution in [2.45, 2.75) is 32.7 Å². The van der Waals surface area contributed by atoms with Crippen LogP contribution in [-0.2, 0) is 6.54 Å². The van der Waals surface area contributed by atoms with Gasteiger partial charge < -0.3 is 15.5 Å². The predicted molar refractivity (Wildman–Crippen MR) is 107 cm³/mol. The van der Waals surface area contributed by atoms with E-state index in [1.165, 1.54) is 43.8 Å². The minimum atomic E-state index is 0. The molecule has 1 aromatic rings. The van der Waals surface area contributed by atoms with E-state index >= 15 is 0 Å². The lowest BCUT2D eigenvalue weighted by molar-refractivity contribution is 0.185. The van der Waals surface area contributed by atoms with Gasteiger partial charge in [0.05, 0.1) is 6.54 Å². The van der Waals surface area contributed by atoms with E-state index in [0.717, 1.165) is 25.0 Å². The molecule has 0 bridgehead atoms. The van der Waals surface area contributed by atoms with Crippen molar-refractivity contribution in [2.24, 2.45) is 10.9 Å².